The molecule has 0 radical (unpaired) electrons. The third-order valence-corrected chi connectivity index (χ3v) is 5.93. The molecule has 154 valence electrons. The van der Waals surface area contributed by atoms with Crippen LogP contribution in [-0.2, 0) is 10.0 Å². The van der Waals surface area contributed by atoms with E-state index < -0.39 is 10.0 Å². The number of hydrogen-bond acceptors (Lipinski definition) is 5. The number of carbonyl (C=O) groups excluding carboxylic acids is 1. The highest BCUT2D eigenvalue weighted by atomic mass is 32.2. The van der Waals surface area contributed by atoms with Crippen molar-refractivity contribution in [2.24, 2.45) is 5.10 Å². The molecule has 0 saturated carbocycles. The van der Waals surface area contributed by atoms with Gasteiger partial charge >= 0.3 is 0 Å². The van der Waals surface area contributed by atoms with Crippen molar-refractivity contribution in [2.75, 3.05) is 11.0 Å². The predicted molar refractivity (Wildman–Crippen MR) is 116 cm³/mol. The Morgan fingerprint density at radius 1 is 1.20 bits per heavy atom. The lowest BCUT2D eigenvalue weighted by atomic mass is 9.98. The molecule has 1 N–H and O–H groups in total. The summed E-state index contributed by atoms with van der Waals surface area (Å²) >= 11 is 1.42. The quantitative estimate of drug-likeness (QED) is 0.640. The van der Waals surface area contributed by atoms with Crippen LogP contribution in [0.25, 0.3) is 0 Å². The molecule has 3 aromatic rings. The summed E-state index contributed by atoms with van der Waals surface area (Å²) in [4.78, 5) is 13.0. The lowest BCUT2D eigenvalue weighted by Gasteiger charge is -2.21. The Kier molecular flexibility index (Phi) is 5.40. The first-order valence-electron chi connectivity index (χ1n) is 9.07. The minimum Gasteiger partial charge on any atom is -0.284 e. The first-order valence-corrected chi connectivity index (χ1v) is 11.9. The average Bonchev–Trinajstić information content (AvgIpc) is 3.37. The summed E-state index contributed by atoms with van der Waals surface area (Å²) in [7, 11) is -3.42. The summed E-state index contributed by atoms with van der Waals surface area (Å²) in [6, 6.07) is 14.2. The number of carbonyl (C=O) groups is 1. The summed E-state index contributed by atoms with van der Waals surface area (Å²) in [6.07, 6.45) is 1.50. The summed E-state index contributed by atoms with van der Waals surface area (Å²) in [5.41, 5.74) is 3.06. The number of rotatable bonds is 5. The molecule has 1 unspecified atom stereocenters. The van der Waals surface area contributed by atoms with Crippen LogP contribution in [0.2, 0.25) is 0 Å². The number of nitrogens with one attached hydrogen (secondary N) is 1. The average molecular weight is 444 g/mol. The molecule has 4 rings (SSSR count). The van der Waals surface area contributed by atoms with Crippen molar-refractivity contribution in [1.82, 2.24) is 5.01 Å². The number of hydrogen-bond donors (Lipinski definition) is 1. The molecule has 1 aliphatic rings. The summed E-state index contributed by atoms with van der Waals surface area (Å²) in [5, 5.41) is 9.56. The second-order valence-electron chi connectivity index (χ2n) is 6.93. The minimum atomic E-state index is -3.42. The van der Waals surface area contributed by atoms with Crippen LogP contribution in [0.5, 0.6) is 0 Å². The van der Waals surface area contributed by atoms with Crippen molar-refractivity contribution in [3.8, 4) is 0 Å². The van der Waals surface area contributed by atoms with Gasteiger partial charge in [0.1, 0.15) is 5.82 Å². The lowest BCUT2D eigenvalue weighted by molar-refractivity contribution is 0.0711. The van der Waals surface area contributed by atoms with Gasteiger partial charge in [0.25, 0.3) is 5.91 Å². The van der Waals surface area contributed by atoms with Gasteiger partial charge in [0.05, 0.1) is 23.6 Å². The van der Waals surface area contributed by atoms with Gasteiger partial charge in [0, 0.05) is 17.5 Å². The van der Waals surface area contributed by atoms with Crippen molar-refractivity contribution in [1.29, 1.82) is 0 Å². The highest BCUT2D eigenvalue weighted by Crippen LogP contribution is 2.34. The number of nitrogens with zero attached hydrogens (tertiary/aromatic N) is 2. The van der Waals surface area contributed by atoms with E-state index in [4.69, 9.17) is 0 Å². The van der Waals surface area contributed by atoms with Gasteiger partial charge in [0.15, 0.2) is 0 Å². The second kappa shape index (κ2) is 8.00. The molecule has 9 heteroatoms. The van der Waals surface area contributed by atoms with Crippen molar-refractivity contribution < 1.29 is 17.6 Å². The number of amides is 1. The monoisotopic (exact) mass is 443 g/mol. The number of halogens is 1. The van der Waals surface area contributed by atoms with E-state index in [1.807, 2.05) is 11.4 Å². The molecule has 2 aromatic carbocycles. The molecule has 0 spiro atoms. The van der Waals surface area contributed by atoms with E-state index in [0.717, 1.165) is 11.8 Å². The zero-order valence-corrected chi connectivity index (χ0v) is 17.6. The van der Waals surface area contributed by atoms with E-state index >= 15 is 0 Å². The van der Waals surface area contributed by atoms with Crippen LogP contribution in [0.15, 0.2) is 70.5 Å². The van der Waals surface area contributed by atoms with Gasteiger partial charge in [-0.3, -0.25) is 9.52 Å². The molecule has 1 aliphatic heterocycles. The largest absolute Gasteiger partial charge is 0.284 e. The molecule has 0 aliphatic carbocycles. The molecule has 1 aromatic heterocycles. The van der Waals surface area contributed by atoms with E-state index in [1.165, 1.54) is 28.5 Å². The van der Waals surface area contributed by atoms with Crippen LogP contribution in [0.4, 0.5) is 10.1 Å². The van der Waals surface area contributed by atoms with E-state index in [0.29, 0.717) is 28.9 Å². The normalized spacial score (nSPS) is 16.4. The maximum absolute atomic E-state index is 13.4. The van der Waals surface area contributed by atoms with Crippen LogP contribution >= 0.6 is 11.3 Å². The third-order valence-electron chi connectivity index (χ3n) is 4.64. The highest BCUT2D eigenvalue weighted by Gasteiger charge is 2.34. The fraction of sp³-hybridized carbons (Fsp3) is 0.143. The Balaban J connectivity index is 1.70. The fourth-order valence-corrected chi connectivity index (χ4v) is 4.50. The van der Waals surface area contributed by atoms with Crippen LogP contribution in [0.1, 0.15) is 33.9 Å². The molecule has 0 bridgehead atoms. The Hall–Kier alpha value is -3.04. The van der Waals surface area contributed by atoms with E-state index in [2.05, 4.69) is 9.82 Å². The molecule has 30 heavy (non-hydrogen) atoms. The Bertz CT molecular complexity index is 1210. The first kappa shape index (κ1) is 20.2. The minimum absolute atomic E-state index is 0.244. The number of benzene rings is 2. The molecule has 0 saturated heterocycles. The topological polar surface area (TPSA) is 78.8 Å². The summed E-state index contributed by atoms with van der Waals surface area (Å²) in [6.45, 7) is 0. The predicted octanol–water partition coefficient (Wildman–Crippen LogP) is 4.25. The summed E-state index contributed by atoms with van der Waals surface area (Å²) in [5.74, 6) is -0.598. The molecule has 2 heterocycles. The van der Waals surface area contributed by atoms with Gasteiger partial charge in [0.2, 0.25) is 10.0 Å². The van der Waals surface area contributed by atoms with E-state index in [1.54, 1.807) is 41.8 Å². The van der Waals surface area contributed by atoms with E-state index in [9.17, 15) is 17.6 Å². The Morgan fingerprint density at radius 3 is 2.63 bits per heavy atom. The molecular weight excluding hydrogens is 425 g/mol. The molecular formula is C21H18FN3O3S2. The van der Waals surface area contributed by atoms with Gasteiger partial charge < -0.3 is 0 Å². The zero-order chi connectivity index (χ0) is 21.3. The Morgan fingerprint density at radius 2 is 1.97 bits per heavy atom. The standard InChI is InChI=1S/C21H18FN3O3S2/c1-30(27,28)24-18-4-2-3-15(11-18)19-12-20(14-5-7-17(22)8-6-14)25(23-19)21(26)16-9-10-29-13-16/h2-11,13,20,24H,12H2,1H3. The van der Waals surface area contributed by atoms with E-state index in [-0.39, 0.29) is 17.8 Å². The smallest absolute Gasteiger partial charge is 0.275 e. The Labute approximate surface area is 177 Å². The van der Waals surface area contributed by atoms with Crippen molar-refractivity contribution in [3.63, 3.8) is 0 Å². The van der Waals surface area contributed by atoms with Crippen molar-refractivity contribution in [2.45, 2.75) is 12.5 Å². The maximum atomic E-state index is 13.4. The first-order chi connectivity index (χ1) is 14.3. The van der Waals surface area contributed by atoms with Crippen LogP contribution in [0, 0.1) is 5.82 Å². The SMILES string of the molecule is CS(=O)(=O)Nc1cccc(C2=NN(C(=O)c3ccsc3)C(c3ccc(F)cc3)C2)c1. The van der Waals surface area contributed by atoms with Crippen LogP contribution < -0.4 is 4.72 Å². The molecule has 1 atom stereocenters. The number of thiophene rings is 1. The second-order valence-corrected chi connectivity index (χ2v) is 9.46. The molecule has 6 nitrogen and oxygen atoms in total. The van der Waals surface area contributed by atoms with Gasteiger partial charge in [-0.15, -0.1) is 0 Å². The van der Waals surface area contributed by atoms with Crippen LogP contribution in [0.3, 0.4) is 0 Å². The van der Waals surface area contributed by atoms with Crippen LogP contribution in [-0.4, -0.2) is 31.3 Å². The van der Waals surface area contributed by atoms with Crippen molar-refractivity contribution >= 4 is 38.7 Å². The van der Waals surface area contributed by atoms with Gasteiger partial charge in [-0.25, -0.2) is 17.8 Å². The van der Waals surface area contributed by atoms with Crippen molar-refractivity contribution in [3.05, 3.63) is 87.9 Å². The molecule has 0 fully saturated rings. The summed E-state index contributed by atoms with van der Waals surface area (Å²) < 4.78 is 39.0. The number of hydrazone groups is 1. The zero-order valence-electron chi connectivity index (χ0n) is 15.9. The third kappa shape index (κ3) is 4.42. The van der Waals surface area contributed by atoms with Gasteiger partial charge in [-0.1, -0.05) is 24.3 Å². The van der Waals surface area contributed by atoms with Gasteiger partial charge in [-0.2, -0.15) is 16.4 Å². The molecule has 1 amide bonds. The number of sulfonamides is 1. The van der Waals surface area contributed by atoms with Gasteiger partial charge in [-0.05, 0) is 46.8 Å². The lowest BCUT2D eigenvalue weighted by Crippen LogP contribution is -2.26. The fourth-order valence-electron chi connectivity index (χ4n) is 3.31. The number of anilines is 1. The maximum Gasteiger partial charge on any atom is 0.275 e. The highest BCUT2D eigenvalue weighted by molar-refractivity contribution is 7.92.